The molecule has 160 valence electrons. The quantitative estimate of drug-likeness (QED) is 0.727. The van der Waals surface area contributed by atoms with Gasteiger partial charge in [0.25, 0.3) is 5.91 Å². The molecule has 30 heavy (non-hydrogen) atoms. The molecule has 0 aliphatic carbocycles. The van der Waals surface area contributed by atoms with Crippen LogP contribution in [0.25, 0.3) is 11.1 Å². The number of ether oxygens (including phenoxy) is 4. The maximum Gasteiger partial charge on any atom is 0.253 e. The minimum atomic E-state index is -0.00790. The van der Waals surface area contributed by atoms with Crippen LogP contribution in [0.15, 0.2) is 36.4 Å². The van der Waals surface area contributed by atoms with Gasteiger partial charge in [-0.1, -0.05) is 18.2 Å². The van der Waals surface area contributed by atoms with Crippen molar-refractivity contribution in [2.75, 3.05) is 65.1 Å². The number of hydrogen-bond donors (Lipinski definition) is 0. The third kappa shape index (κ3) is 4.43. The number of anilines is 1. The highest BCUT2D eigenvalue weighted by Crippen LogP contribution is 2.35. The van der Waals surface area contributed by atoms with Gasteiger partial charge in [-0.25, -0.2) is 0 Å². The lowest BCUT2D eigenvalue weighted by atomic mass is 10.0. The topological polar surface area (TPSA) is 60.5 Å². The molecular formula is C23H28N2O5. The maximum atomic E-state index is 12.8. The van der Waals surface area contributed by atoms with Crippen molar-refractivity contribution in [2.24, 2.45) is 0 Å². The number of hydrogen-bond acceptors (Lipinski definition) is 6. The summed E-state index contributed by atoms with van der Waals surface area (Å²) in [5.74, 6) is 1.35. The summed E-state index contributed by atoms with van der Waals surface area (Å²) in [5, 5.41) is 0. The first-order chi connectivity index (χ1) is 14.7. The molecule has 0 unspecified atom stereocenters. The molecule has 1 amide bonds. The average Bonchev–Trinajstić information content (AvgIpc) is 2.95. The predicted molar refractivity (Wildman–Crippen MR) is 114 cm³/mol. The van der Waals surface area contributed by atoms with Crippen molar-refractivity contribution in [1.29, 1.82) is 0 Å². The van der Waals surface area contributed by atoms with Gasteiger partial charge in [0.1, 0.15) is 6.61 Å². The van der Waals surface area contributed by atoms with E-state index in [1.165, 1.54) is 0 Å². The number of amides is 1. The Bertz CT molecular complexity index is 895. The highest BCUT2D eigenvalue weighted by molar-refractivity contribution is 5.96. The van der Waals surface area contributed by atoms with Gasteiger partial charge in [-0.3, -0.25) is 9.69 Å². The minimum absolute atomic E-state index is 0.00790. The lowest BCUT2D eigenvalue weighted by Crippen LogP contribution is -2.43. The molecule has 0 aromatic heterocycles. The van der Waals surface area contributed by atoms with E-state index in [1.54, 1.807) is 14.2 Å². The highest BCUT2D eigenvalue weighted by Gasteiger charge is 2.24. The molecule has 0 atom stereocenters. The standard InChI is InChI=1S/C23H28N2O5/c1-27-21-6-5-18(14-22(21)28-2)17-3-4-19-15-30-16-23(26)25(20(19)13-17)8-7-24-9-11-29-12-10-24/h3-6,13-14H,7-12,15-16H2,1-2H3. The lowest BCUT2D eigenvalue weighted by Gasteiger charge is -2.30. The number of carbonyl (C=O) groups is 1. The zero-order valence-corrected chi connectivity index (χ0v) is 17.6. The predicted octanol–water partition coefficient (Wildman–Crippen LogP) is 2.57. The maximum absolute atomic E-state index is 12.8. The number of benzene rings is 2. The smallest absolute Gasteiger partial charge is 0.253 e. The van der Waals surface area contributed by atoms with Crippen molar-refractivity contribution in [2.45, 2.75) is 6.61 Å². The van der Waals surface area contributed by atoms with Crippen molar-refractivity contribution in [3.63, 3.8) is 0 Å². The van der Waals surface area contributed by atoms with E-state index >= 15 is 0 Å². The molecule has 0 saturated carbocycles. The summed E-state index contributed by atoms with van der Waals surface area (Å²) in [6.07, 6.45) is 0. The van der Waals surface area contributed by atoms with Crippen LogP contribution in [0.4, 0.5) is 5.69 Å². The largest absolute Gasteiger partial charge is 0.493 e. The summed E-state index contributed by atoms with van der Waals surface area (Å²) in [6.45, 7) is 5.27. The van der Waals surface area contributed by atoms with Gasteiger partial charge < -0.3 is 23.8 Å². The van der Waals surface area contributed by atoms with Crippen molar-refractivity contribution in [3.05, 3.63) is 42.0 Å². The molecule has 7 heteroatoms. The Morgan fingerprint density at radius 2 is 1.60 bits per heavy atom. The Balaban J connectivity index is 1.63. The van der Waals surface area contributed by atoms with Crippen LogP contribution in [0, 0.1) is 0 Å². The van der Waals surface area contributed by atoms with E-state index < -0.39 is 0 Å². The summed E-state index contributed by atoms with van der Waals surface area (Å²) in [6, 6.07) is 12.0. The van der Waals surface area contributed by atoms with Gasteiger partial charge >= 0.3 is 0 Å². The second kappa shape index (κ2) is 9.47. The van der Waals surface area contributed by atoms with E-state index in [4.69, 9.17) is 18.9 Å². The SMILES string of the molecule is COc1ccc(-c2ccc3c(c2)N(CCN2CCOCC2)C(=O)COC3)cc1OC. The molecular weight excluding hydrogens is 384 g/mol. The number of carbonyl (C=O) groups excluding carboxylic acids is 1. The number of fused-ring (bicyclic) bond motifs is 1. The van der Waals surface area contributed by atoms with Gasteiger partial charge in [-0.15, -0.1) is 0 Å². The van der Waals surface area contributed by atoms with Gasteiger partial charge in [-0.05, 0) is 29.3 Å². The van der Waals surface area contributed by atoms with Gasteiger partial charge in [0.05, 0.1) is 34.0 Å². The van der Waals surface area contributed by atoms with Crippen LogP contribution < -0.4 is 14.4 Å². The molecule has 0 N–H and O–H groups in total. The van der Waals surface area contributed by atoms with E-state index in [0.717, 1.165) is 55.2 Å². The fraction of sp³-hybridized carbons (Fsp3) is 0.435. The molecule has 2 aliphatic heterocycles. The van der Waals surface area contributed by atoms with Gasteiger partial charge in [0, 0.05) is 37.4 Å². The van der Waals surface area contributed by atoms with Crippen LogP contribution in [-0.4, -0.2) is 71.0 Å². The third-order valence-electron chi connectivity index (χ3n) is 5.62. The molecule has 1 saturated heterocycles. The normalized spacial score (nSPS) is 17.4. The summed E-state index contributed by atoms with van der Waals surface area (Å²) in [4.78, 5) is 17.0. The van der Waals surface area contributed by atoms with Crippen molar-refractivity contribution in [3.8, 4) is 22.6 Å². The fourth-order valence-electron chi connectivity index (χ4n) is 3.90. The summed E-state index contributed by atoms with van der Waals surface area (Å²) in [7, 11) is 3.25. The number of nitrogens with zero attached hydrogens (tertiary/aromatic N) is 2. The van der Waals surface area contributed by atoms with Crippen molar-refractivity contribution >= 4 is 11.6 Å². The zero-order valence-electron chi connectivity index (χ0n) is 17.6. The van der Waals surface area contributed by atoms with Crippen molar-refractivity contribution in [1.82, 2.24) is 4.90 Å². The summed E-state index contributed by atoms with van der Waals surface area (Å²) >= 11 is 0. The second-order valence-electron chi connectivity index (χ2n) is 7.41. The van der Waals surface area contributed by atoms with Gasteiger partial charge in [0.2, 0.25) is 0 Å². The molecule has 2 aliphatic rings. The van der Waals surface area contributed by atoms with E-state index in [2.05, 4.69) is 17.0 Å². The summed E-state index contributed by atoms with van der Waals surface area (Å²) < 4.78 is 21.8. The Morgan fingerprint density at radius 3 is 2.37 bits per heavy atom. The molecule has 1 fully saturated rings. The minimum Gasteiger partial charge on any atom is -0.493 e. The number of rotatable bonds is 6. The van der Waals surface area contributed by atoms with E-state index in [1.807, 2.05) is 29.2 Å². The van der Waals surface area contributed by atoms with Gasteiger partial charge in [0.15, 0.2) is 11.5 Å². The first-order valence-corrected chi connectivity index (χ1v) is 10.2. The third-order valence-corrected chi connectivity index (χ3v) is 5.62. The molecule has 2 aromatic rings. The highest BCUT2D eigenvalue weighted by atomic mass is 16.5. The van der Waals surface area contributed by atoms with Crippen LogP contribution in [-0.2, 0) is 20.9 Å². The Kier molecular flexibility index (Phi) is 6.52. The molecule has 2 heterocycles. The Labute approximate surface area is 177 Å². The van der Waals surface area contributed by atoms with Gasteiger partial charge in [-0.2, -0.15) is 0 Å². The van der Waals surface area contributed by atoms with E-state index in [-0.39, 0.29) is 12.5 Å². The van der Waals surface area contributed by atoms with Crippen LogP contribution in [0.3, 0.4) is 0 Å². The monoisotopic (exact) mass is 412 g/mol. The average molecular weight is 412 g/mol. The van der Waals surface area contributed by atoms with Crippen LogP contribution in [0.5, 0.6) is 11.5 Å². The summed E-state index contributed by atoms with van der Waals surface area (Å²) in [5.41, 5.74) is 3.95. The molecule has 0 bridgehead atoms. The van der Waals surface area contributed by atoms with Crippen molar-refractivity contribution < 1.29 is 23.7 Å². The second-order valence-corrected chi connectivity index (χ2v) is 7.41. The fourth-order valence-corrected chi connectivity index (χ4v) is 3.90. The first-order valence-electron chi connectivity index (χ1n) is 10.2. The molecule has 7 nitrogen and oxygen atoms in total. The zero-order chi connectivity index (χ0) is 20.9. The van der Waals surface area contributed by atoms with Crippen LogP contribution in [0.2, 0.25) is 0 Å². The molecule has 0 spiro atoms. The molecule has 0 radical (unpaired) electrons. The Hall–Kier alpha value is -2.61. The van der Waals surface area contributed by atoms with Crippen LogP contribution in [0.1, 0.15) is 5.56 Å². The van der Waals surface area contributed by atoms with Crippen LogP contribution >= 0.6 is 0 Å². The van der Waals surface area contributed by atoms with E-state index in [9.17, 15) is 4.79 Å². The number of methoxy groups -OCH3 is 2. The number of morpholine rings is 1. The molecule has 2 aromatic carbocycles. The first kappa shape index (κ1) is 20.7. The molecule has 4 rings (SSSR count). The Morgan fingerprint density at radius 1 is 0.867 bits per heavy atom. The lowest BCUT2D eigenvalue weighted by molar-refractivity contribution is -0.123. The van der Waals surface area contributed by atoms with E-state index in [0.29, 0.717) is 24.7 Å².